The van der Waals surface area contributed by atoms with Gasteiger partial charge in [0.05, 0.1) is 11.3 Å². The van der Waals surface area contributed by atoms with Crippen molar-refractivity contribution in [2.24, 2.45) is 0 Å². The number of benzene rings is 3. The molecule has 35 heavy (non-hydrogen) atoms. The maximum atomic E-state index is 12.7. The fourth-order valence-electron chi connectivity index (χ4n) is 3.92. The minimum absolute atomic E-state index is 0.0966. The first kappa shape index (κ1) is 22.9. The maximum absolute atomic E-state index is 12.7. The average Bonchev–Trinajstić information content (AvgIpc) is 3.52. The number of carbonyl (C=O) groups excluding carboxylic acids is 1. The Morgan fingerprint density at radius 3 is 2.51 bits per heavy atom. The number of amides is 1. The number of rotatable bonds is 8. The SMILES string of the molecule is CC[C@H](C)c1ccc(NC(=O)CSc2nnc(-c3n[nH]c4ccccc34)n2-c2ccccc2)cc1. The van der Waals surface area contributed by atoms with Gasteiger partial charge in [0.2, 0.25) is 5.91 Å². The minimum atomic E-state index is -0.0966. The fraction of sp³-hybridized carbons (Fsp3) is 0.185. The van der Waals surface area contributed by atoms with Crippen LogP contribution in [0.1, 0.15) is 31.7 Å². The van der Waals surface area contributed by atoms with Gasteiger partial charge in [0.15, 0.2) is 11.0 Å². The van der Waals surface area contributed by atoms with Crippen LogP contribution in [0.15, 0.2) is 84.0 Å². The van der Waals surface area contributed by atoms with Crippen LogP contribution in [0.4, 0.5) is 5.69 Å². The van der Waals surface area contributed by atoms with Gasteiger partial charge in [-0.25, -0.2) is 0 Å². The lowest BCUT2D eigenvalue weighted by Crippen LogP contribution is -2.14. The third-order valence-corrected chi connectivity index (χ3v) is 6.97. The zero-order valence-corrected chi connectivity index (χ0v) is 20.4. The van der Waals surface area contributed by atoms with Gasteiger partial charge in [0.25, 0.3) is 0 Å². The van der Waals surface area contributed by atoms with Crippen molar-refractivity contribution in [2.75, 3.05) is 11.1 Å². The van der Waals surface area contributed by atoms with E-state index < -0.39 is 0 Å². The van der Waals surface area contributed by atoms with Gasteiger partial charge in [0, 0.05) is 16.8 Å². The lowest BCUT2D eigenvalue weighted by Gasteiger charge is -2.11. The molecule has 1 amide bonds. The molecule has 3 aromatic carbocycles. The van der Waals surface area contributed by atoms with Crippen LogP contribution < -0.4 is 5.32 Å². The molecule has 0 bridgehead atoms. The number of carbonyl (C=O) groups is 1. The predicted octanol–water partition coefficient (Wildman–Crippen LogP) is 6.05. The highest BCUT2D eigenvalue weighted by molar-refractivity contribution is 7.99. The molecule has 0 radical (unpaired) electrons. The number of nitrogens with one attached hydrogen (secondary N) is 2. The molecular weight excluding hydrogens is 456 g/mol. The number of aromatic amines is 1. The Labute approximate surface area is 208 Å². The topological polar surface area (TPSA) is 88.5 Å². The molecule has 0 saturated carbocycles. The Kier molecular flexibility index (Phi) is 6.63. The van der Waals surface area contributed by atoms with Crippen molar-refractivity contribution in [3.8, 4) is 17.2 Å². The van der Waals surface area contributed by atoms with E-state index in [1.165, 1.54) is 17.3 Å². The minimum Gasteiger partial charge on any atom is -0.325 e. The van der Waals surface area contributed by atoms with Gasteiger partial charge >= 0.3 is 0 Å². The Bertz CT molecular complexity index is 1440. The molecule has 1 atom stereocenters. The first-order valence-corrected chi connectivity index (χ1v) is 12.6. The predicted molar refractivity (Wildman–Crippen MR) is 141 cm³/mol. The molecule has 5 rings (SSSR count). The first-order valence-electron chi connectivity index (χ1n) is 11.6. The van der Waals surface area contributed by atoms with E-state index in [0.29, 0.717) is 16.9 Å². The van der Waals surface area contributed by atoms with E-state index in [2.05, 4.69) is 51.7 Å². The number of nitrogens with zero attached hydrogens (tertiary/aromatic N) is 4. The summed E-state index contributed by atoms with van der Waals surface area (Å²) in [5.74, 6) is 1.23. The molecule has 0 unspecified atom stereocenters. The van der Waals surface area contributed by atoms with Crippen molar-refractivity contribution in [2.45, 2.75) is 31.3 Å². The number of hydrogen-bond acceptors (Lipinski definition) is 5. The first-order chi connectivity index (χ1) is 17.1. The molecule has 7 nitrogen and oxygen atoms in total. The summed E-state index contributed by atoms with van der Waals surface area (Å²) in [6.07, 6.45) is 1.08. The van der Waals surface area contributed by atoms with Crippen molar-refractivity contribution < 1.29 is 4.79 Å². The molecule has 0 spiro atoms. The summed E-state index contributed by atoms with van der Waals surface area (Å²) in [4.78, 5) is 12.7. The molecule has 2 heterocycles. The van der Waals surface area contributed by atoms with E-state index in [-0.39, 0.29) is 11.7 Å². The highest BCUT2D eigenvalue weighted by Gasteiger charge is 2.21. The standard InChI is InChI=1S/C27H26N6OS/c1-3-18(2)19-13-15-20(16-14-19)28-24(34)17-35-27-32-31-26(33(27)21-9-5-4-6-10-21)25-22-11-7-8-12-23(22)29-30-25/h4-16,18H,3,17H2,1-2H3,(H,28,34)(H,29,30)/t18-/m0/s1. The number of thioether (sulfide) groups is 1. The Morgan fingerprint density at radius 1 is 1.00 bits per heavy atom. The highest BCUT2D eigenvalue weighted by Crippen LogP contribution is 2.31. The van der Waals surface area contributed by atoms with Crippen molar-refractivity contribution in [1.82, 2.24) is 25.0 Å². The van der Waals surface area contributed by atoms with E-state index in [4.69, 9.17) is 0 Å². The molecule has 0 aliphatic heterocycles. The van der Waals surface area contributed by atoms with Gasteiger partial charge in [-0.3, -0.25) is 14.5 Å². The number of fused-ring (bicyclic) bond motifs is 1. The summed E-state index contributed by atoms with van der Waals surface area (Å²) in [6.45, 7) is 4.37. The monoisotopic (exact) mass is 482 g/mol. The van der Waals surface area contributed by atoms with Crippen molar-refractivity contribution >= 4 is 34.3 Å². The zero-order chi connectivity index (χ0) is 24.2. The summed E-state index contributed by atoms with van der Waals surface area (Å²) in [5.41, 5.74) is 4.61. The number of aromatic nitrogens is 5. The van der Waals surface area contributed by atoms with Crippen LogP contribution in [0, 0.1) is 0 Å². The quantitative estimate of drug-likeness (QED) is 0.263. The molecule has 0 aliphatic carbocycles. The van der Waals surface area contributed by atoms with Crippen LogP contribution in [0.25, 0.3) is 28.1 Å². The summed E-state index contributed by atoms with van der Waals surface area (Å²) in [6, 6.07) is 25.8. The van der Waals surface area contributed by atoms with Crippen molar-refractivity contribution in [3.05, 3.63) is 84.4 Å². The van der Waals surface area contributed by atoms with Crippen LogP contribution in [-0.4, -0.2) is 36.6 Å². The van der Waals surface area contributed by atoms with Crippen LogP contribution in [0.2, 0.25) is 0 Å². The molecule has 0 saturated heterocycles. The van der Waals surface area contributed by atoms with Gasteiger partial charge < -0.3 is 5.32 Å². The average molecular weight is 483 g/mol. The molecule has 2 N–H and O–H groups in total. The fourth-order valence-corrected chi connectivity index (χ4v) is 4.67. The number of anilines is 1. The van der Waals surface area contributed by atoms with Crippen molar-refractivity contribution in [3.63, 3.8) is 0 Å². The Morgan fingerprint density at radius 2 is 1.74 bits per heavy atom. The third kappa shape index (κ3) is 4.83. The number of H-pyrrole nitrogens is 1. The lowest BCUT2D eigenvalue weighted by atomic mass is 9.99. The summed E-state index contributed by atoms with van der Waals surface area (Å²) in [7, 11) is 0. The van der Waals surface area contributed by atoms with Gasteiger partial charge in [0.1, 0.15) is 5.69 Å². The largest absolute Gasteiger partial charge is 0.325 e. The van der Waals surface area contributed by atoms with Crippen LogP contribution in [0.5, 0.6) is 0 Å². The number of hydrogen-bond donors (Lipinski definition) is 2. The smallest absolute Gasteiger partial charge is 0.234 e. The molecule has 5 aromatic rings. The highest BCUT2D eigenvalue weighted by atomic mass is 32.2. The second-order valence-electron chi connectivity index (χ2n) is 8.36. The van der Waals surface area contributed by atoms with Gasteiger partial charge in [-0.2, -0.15) is 5.10 Å². The number of para-hydroxylation sites is 2. The Hall–Kier alpha value is -3.91. The summed E-state index contributed by atoms with van der Waals surface area (Å²) >= 11 is 1.34. The van der Waals surface area contributed by atoms with Crippen molar-refractivity contribution in [1.29, 1.82) is 0 Å². The molecule has 176 valence electrons. The molecule has 0 aliphatic rings. The molecule has 0 fully saturated rings. The van der Waals surface area contributed by atoms with E-state index >= 15 is 0 Å². The van der Waals surface area contributed by atoms with E-state index in [0.717, 1.165) is 34.4 Å². The lowest BCUT2D eigenvalue weighted by molar-refractivity contribution is -0.113. The van der Waals surface area contributed by atoms with E-state index in [9.17, 15) is 4.79 Å². The van der Waals surface area contributed by atoms with Gasteiger partial charge in [-0.05, 0) is 48.2 Å². The van der Waals surface area contributed by atoms with Crippen LogP contribution >= 0.6 is 11.8 Å². The van der Waals surface area contributed by atoms with Crippen LogP contribution in [0.3, 0.4) is 0 Å². The summed E-state index contributed by atoms with van der Waals surface area (Å²) in [5, 5.41) is 21.0. The van der Waals surface area contributed by atoms with E-state index in [1.54, 1.807) is 0 Å². The molecule has 2 aromatic heterocycles. The second kappa shape index (κ2) is 10.1. The summed E-state index contributed by atoms with van der Waals surface area (Å²) < 4.78 is 1.95. The van der Waals surface area contributed by atoms with Gasteiger partial charge in [-0.15, -0.1) is 10.2 Å². The molecule has 8 heteroatoms. The maximum Gasteiger partial charge on any atom is 0.234 e. The van der Waals surface area contributed by atoms with E-state index in [1.807, 2.05) is 71.3 Å². The second-order valence-corrected chi connectivity index (χ2v) is 9.31. The Balaban J connectivity index is 1.38. The molecular formula is C27H26N6OS. The zero-order valence-electron chi connectivity index (χ0n) is 19.6. The normalized spacial score (nSPS) is 12.1. The van der Waals surface area contributed by atoms with Crippen LogP contribution in [-0.2, 0) is 4.79 Å². The third-order valence-electron chi connectivity index (χ3n) is 6.04. The van der Waals surface area contributed by atoms with Gasteiger partial charge in [-0.1, -0.05) is 74.1 Å².